The number of anilines is 1. The monoisotopic (exact) mass is 489 g/mol. The third kappa shape index (κ3) is 5.07. The number of rotatable bonds is 4. The highest BCUT2D eigenvalue weighted by atomic mass is 127. The van der Waals surface area contributed by atoms with E-state index < -0.39 is 0 Å². The number of nitrogens with two attached hydrogens (primary N) is 1. The van der Waals surface area contributed by atoms with Crippen LogP contribution in [0.3, 0.4) is 0 Å². The molecule has 0 aromatic heterocycles. The lowest BCUT2D eigenvalue weighted by molar-refractivity contribution is 0.297. The van der Waals surface area contributed by atoms with Gasteiger partial charge in [0.15, 0.2) is 17.5 Å². The van der Waals surface area contributed by atoms with Gasteiger partial charge in [-0.3, -0.25) is 4.99 Å². The maximum Gasteiger partial charge on any atom is 0.193 e. The van der Waals surface area contributed by atoms with Crippen LogP contribution < -0.4 is 20.5 Å². The van der Waals surface area contributed by atoms with Crippen LogP contribution in [0.2, 0.25) is 0 Å². The van der Waals surface area contributed by atoms with Crippen molar-refractivity contribution in [3.8, 4) is 11.5 Å². The van der Waals surface area contributed by atoms with Crippen molar-refractivity contribution in [1.82, 2.24) is 0 Å². The number of nitrogens with zero attached hydrogens (tertiary/aromatic N) is 1. The summed E-state index contributed by atoms with van der Waals surface area (Å²) in [5.41, 5.74) is 8.12. The molecule has 0 atom stereocenters. The van der Waals surface area contributed by atoms with Crippen LogP contribution >= 0.6 is 24.0 Å². The number of halogens is 1. The van der Waals surface area contributed by atoms with Crippen molar-refractivity contribution >= 4 is 46.4 Å². The summed E-state index contributed by atoms with van der Waals surface area (Å²) in [5.74, 6) is 1.90. The molecule has 3 aromatic rings. The van der Waals surface area contributed by atoms with E-state index in [4.69, 9.17) is 15.2 Å². The van der Waals surface area contributed by atoms with E-state index in [0.717, 1.165) is 30.0 Å². The average Bonchev–Trinajstić information content (AvgIpc) is 2.93. The second-order valence-corrected chi connectivity index (χ2v) is 6.54. The fraction of sp³-hybridized carbons (Fsp3) is 0.227. The van der Waals surface area contributed by atoms with E-state index in [2.05, 4.69) is 52.8 Å². The van der Waals surface area contributed by atoms with Gasteiger partial charge in [-0.1, -0.05) is 42.5 Å². The zero-order valence-corrected chi connectivity index (χ0v) is 17.9. The van der Waals surface area contributed by atoms with Crippen molar-refractivity contribution in [2.24, 2.45) is 10.7 Å². The van der Waals surface area contributed by atoms with E-state index in [1.165, 1.54) is 16.3 Å². The molecule has 3 aromatic carbocycles. The van der Waals surface area contributed by atoms with Gasteiger partial charge in [-0.2, -0.15) is 0 Å². The van der Waals surface area contributed by atoms with Gasteiger partial charge < -0.3 is 20.5 Å². The van der Waals surface area contributed by atoms with Crippen LogP contribution in [0.15, 0.2) is 65.7 Å². The summed E-state index contributed by atoms with van der Waals surface area (Å²) >= 11 is 0. The van der Waals surface area contributed by atoms with Gasteiger partial charge in [-0.05, 0) is 34.9 Å². The van der Waals surface area contributed by atoms with E-state index in [1.807, 2.05) is 18.2 Å². The lowest BCUT2D eigenvalue weighted by atomic mass is 10.1. The van der Waals surface area contributed by atoms with E-state index in [1.54, 1.807) is 0 Å². The van der Waals surface area contributed by atoms with Crippen LogP contribution in [0.4, 0.5) is 5.69 Å². The molecule has 1 heterocycles. The first-order chi connectivity index (χ1) is 13.3. The maximum absolute atomic E-state index is 6.03. The Kier molecular flexibility index (Phi) is 6.97. The van der Waals surface area contributed by atoms with Gasteiger partial charge in [0.25, 0.3) is 0 Å². The quantitative estimate of drug-likeness (QED) is 0.320. The number of benzene rings is 3. The number of fused-ring (bicyclic) bond motifs is 2. The van der Waals surface area contributed by atoms with Gasteiger partial charge in [0.2, 0.25) is 0 Å². The largest absolute Gasteiger partial charge is 0.490 e. The fourth-order valence-corrected chi connectivity index (χ4v) is 3.13. The predicted molar refractivity (Wildman–Crippen MR) is 125 cm³/mol. The molecule has 0 amide bonds. The van der Waals surface area contributed by atoms with E-state index in [-0.39, 0.29) is 24.0 Å². The molecule has 0 spiro atoms. The minimum absolute atomic E-state index is 0. The van der Waals surface area contributed by atoms with Crippen LogP contribution in [-0.4, -0.2) is 25.7 Å². The van der Waals surface area contributed by atoms with Gasteiger partial charge in [0, 0.05) is 24.7 Å². The Morgan fingerprint density at radius 2 is 1.71 bits per heavy atom. The zero-order chi connectivity index (χ0) is 18.5. The zero-order valence-electron chi connectivity index (χ0n) is 15.6. The minimum Gasteiger partial charge on any atom is -0.490 e. The molecule has 0 saturated heterocycles. The van der Waals surface area contributed by atoms with Crippen molar-refractivity contribution < 1.29 is 9.47 Å². The summed E-state index contributed by atoms with van der Waals surface area (Å²) in [6.45, 7) is 1.96. The second-order valence-electron chi connectivity index (χ2n) is 6.54. The van der Waals surface area contributed by atoms with Crippen LogP contribution in [0.5, 0.6) is 11.5 Å². The second kappa shape index (κ2) is 9.64. The lowest BCUT2D eigenvalue weighted by Crippen LogP contribution is -2.23. The topological polar surface area (TPSA) is 68.9 Å². The molecule has 0 fully saturated rings. The third-order valence-electron chi connectivity index (χ3n) is 4.52. The summed E-state index contributed by atoms with van der Waals surface area (Å²) in [6.07, 6.45) is 1.73. The predicted octanol–water partition coefficient (Wildman–Crippen LogP) is 4.59. The standard InChI is InChI=1S/C22H23N3O2.HI/c23-22(25-19-8-9-20-21(15-19)27-13-3-12-26-20)24-11-10-16-6-7-17-4-1-2-5-18(17)14-16;/h1-2,4-9,14-15H,3,10-13H2,(H3,23,24,25);1H. The number of aliphatic imine (C=N–C) groups is 1. The highest BCUT2D eigenvalue weighted by Gasteiger charge is 2.10. The van der Waals surface area contributed by atoms with Gasteiger partial charge in [-0.25, -0.2) is 0 Å². The Balaban J connectivity index is 0.00000225. The van der Waals surface area contributed by atoms with Gasteiger partial charge in [-0.15, -0.1) is 24.0 Å². The normalized spacial score (nSPS) is 13.5. The van der Waals surface area contributed by atoms with E-state index >= 15 is 0 Å². The highest BCUT2D eigenvalue weighted by Crippen LogP contribution is 2.32. The number of hydrogen-bond acceptors (Lipinski definition) is 3. The number of ether oxygens (including phenoxy) is 2. The van der Waals surface area contributed by atoms with Crippen LogP contribution in [0, 0.1) is 0 Å². The number of hydrogen-bond donors (Lipinski definition) is 2. The Hall–Kier alpha value is -2.48. The Bertz CT molecular complexity index is 975. The molecule has 0 aliphatic carbocycles. The van der Waals surface area contributed by atoms with Crippen LogP contribution in [-0.2, 0) is 6.42 Å². The first-order valence-electron chi connectivity index (χ1n) is 9.22. The Morgan fingerprint density at radius 1 is 0.929 bits per heavy atom. The summed E-state index contributed by atoms with van der Waals surface area (Å²) in [4.78, 5) is 4.44. The van der Waals surface area contributed by atoms with Gasteiger partial charge in [0.1, 0.15) is 0 Å². The van der Waals surface area contributed by atoms with Crippen molar-refractivity contribution in [2.45, 2.75) is 12.8 Å². The average molecular weight is 489 g/mol. The summed E-state index contributed by atoms with van der Waals surface area (Å²) in [5, 5.41) is 5.62. The molecular formula is C22H24IN3O2. The molecule has 6 heteroatoms. The molecule has 0 unspecified atom stereocenters. The number of guanidine groups is 1. The van der Waals surface area contributed by atoms with Crippen molar-refractivity contribution in [2.75, 3.05) is 25.1 Å². The molecule has 1 aliphatic heterocycles. The van der Waals surface area contributed by atoms with Crippen LogP contribution in [0.1, 0.15) is 12.0 Å². The molecule has 146 valence electrons. The molecule has 5 nitrogen and oxygen atoms in total. The summed E-state index contributed by atoms with van der Waals surface area (Å²) < 4.78 is 11.3. The van der Waals surface area contributed by atoms with Crippen molar-refractivity contribution in [1.29, 1.82) is 0 Å². The van der Waals surface area contributed by atoms with Crippen molar-refractivity contribution in [3.05, 3.63) is 66.2 Å². The smallest absolute Gasteiger partial charge is 0.193 e. The highest BCUT2D eigenvalue weighted by molar-refractivity contribution is 14.0. The Morgan fingerprint density at radius 3 is 2.57 bits per heavy atom. The summed E-state index contributed by atoms with van der Waals surface area (Å²) in [7, 11) is 0. The maximum atomic E-state index is 6.03. The van der Waals surface area contributed by atoms with E-state index in [9.17, 15) is 0 Å². The fourth-order valence-electron chi connectivity index (χ4n) is 3.13. The minimum atomic E-state index is 0. The van der Waals surface area contributed by atoms with E-state index in [0.29, 0.717) is 25.7 Å². The van der Waals surface area contributed by atoms with Gasteiger partial charge in [0.05, 0.1) is 13.2 Å². The molecule has 0 radical (unpaired) electrons. The molecule has 28 heavy (non-hydrogen) atoms. The first kappa shape index (κ1) is 20.3. The summed E-state index contributed by atoms with van der Waals surface area (Å²) in [6, 6.07) is 20.6. The molecule has 0 bridgehead atoms. The third-order valence-corrected chi connectivity index (χ3v) is 4.52. The molecule has 3 N–H and O–H groups in total. The molecule has 1 aliphatic rings. The number of nitrogens with one attached hydrogen (secondary N) is 1. The SMILES string of the molecule is I.NC(=NCCc1ccc2ccccc2c1)Nc1ccc2c(c1)OCCCO2. The molecular weight excluding hydrogens is 465 g/mol. The van der Waals surface area contributed by atoms with Crippen molar-refractivity contribution in [3.63, 3.8) is 0 Å². The van der Waals surface area contributed by atoms with Crippen LogP contribution in [0.25, 0.3) is 10.8 Å². The Labute approximate surface area is 182 Å². The molecule has 0 saturated carbocycles. The van der Waals surface area contributed by atoms with Gasteiger partial charge >= 0.3 is 0 Å². The lowest BCUT2D eigenvalue weighted by Gasteiger charge is -2.10. The first-order valence-corrected chi connectivity index (χ1v) is 9.22. The molecule has 4 rings (SSSR count).